The first-order valence-electron chi connectivity index (χ1n) is 14.3. The number of nitrogens with one attached hydrogen (secondary N) is 4. The molecule has 8 N–H and O–H groups in total. The summed E-state index contributed by atoms with van der Waals surface area (Å²) in [6.07, 6.45) is 3.70. The van der Waals surface area contributed by atoms with Gasteiger partial charge in [0.2, 0.25) is 17.7 Å². The summed E-state index contributed by atoms with van der Waals surface area (Å²) in [4.78, 5) is 71.4. The SMILES string of the molecule is NC(CC(=O)O)C(=O)NC(Cc1c[nH]c2ccccc12)C(=O)NC(Cc1c[nH]c2ccccc12)C(=O)N1CCCC1C(=O)O. The number of H-pyrrole nitrogens is 2. The van der Waals surface area contributed by atoms with Crippen molar-refractivity contribution in [3.8, 4) is 0 Å². The van der Waals surface area contributed by atoms with E-state index in [1.807, 2.05) is 48.5 Å². The molecule has 5 rings (SSSR count). The molecule has 13 nitrogen and oxygen atoms in total. The summed E-state index contributed by atoms with van der Waals surface area (Å²) < 4.78 is 0. The number of carbonyl (C=O) groups is 5. The third-order valence-electron chi connectivity index (χ3n) is 8.00. The number of benzene rings is 2. The maximum Gasteiger partial charge on any atom is 0.326 e. The maximum atomic E-state index is 13.9. The number of nitrogens with zero attached hydrogens (tertiary/aromatic N) is 1. The van der Waals surface area contributed by atoms with E-state index >= 15 is 0 Å². The zero-order valence-electron chi connectivity index (χ0n) is 23.8. The van der Waals surface area contributed by atoms with Crippen LogP contribution in [0.3, 0.4) is 0 Å². The second-order valence-electron chi connectivity index (χ2n) is 11.0. The number of nitrogens with two attached hydrogens (primary N) is 1. The normalized spacial score (nSPS) is 16.8. The van der Waals surface area contributed by atoms with Crippen LogP contribution >= 0.6 is 0 Å². The number of carboxylic acid groups (broad SMARTS) is 2. The molecule has 4 atom stereocenters. The van der Waals surface area contributed by atoms with Crippen molar-refractivity contribution >= 4 is 51.5 Å². The minimum Gasteiger partial charge on any atom is -0.481 e. The number of aliphatic carboxylic acids is 2. The average Bonchev–Trinajstić information content (AvgIpc) is 3.75. The Labute approximate surface area is 251 Å². The summed E-state index contributed by atoms with van der Waals surface area (Å²) in [6.45, 7) is 0.232. The van der Waals surface area contributed by atoms with E-state index in [0.717, 1.165) is 27.4 Å². The van der Waals surface area contributed by atoms with E-state index in [1.54, 1.807) is 12.4 Å². The number of para-hydroxylation sites is 2. The van der Waals surface area contributed by atoms with Crippen molar-refractivity contribution in [2.24, 2.45) is 5.73 Å². The number of hydrogen-bond donors (Lipinski definition) is 7. The number of amides is 3. The number of aromatic amines is 2. The van der Waals surface area contributed by atoms with E-state index in [0.29, 0.717) is 18.4 Å². The van der Waals surface area contributed by atoms with Gasteiger partial charge in [0.1, 0.15) is 18.1 Å². The van der Waals surface area contributed by atoms with Gasteiger partial charge in [0.05, 0.1) is 12.5 Å². The molecule has 1 aliphatic heterocycles. The number of hydrogen-bond acceptors (Lipinski definition) is 6. The van der Waals surface area contributed by atoms with E-state index in [9.17, 15) is 29.1 Å². The van der Waals surface area contributed by atoms with Crippen LogP contribution in [0.1, 0.15) is 30.4 Å². The Kier molecular flexibility index (Phi) is 8.95. The Morgan fingerprint density at radius 1 is 0.841 bits per heavy atom. The molecule has 230 valence electrons. The summed E-state index contributed by atoms with van der Waals surface area (Å²) >= 11 is 0. The van der Waals surface area contributed by atoms with Crippen molar-refractivity contribution in [1.82, 2.24) is 25.5 Å². The molecule has 0 bridgehead atoms. The molecule has 1 saturated heterocycles. The fourth-order valence-corrected chi connectivity index (χ4v) is 5.77. The van der Waals surface area contributed by atoms with Crippen molar-refractivity contribution in [3.63, 3.8) is 0 Å². The molecule has 0 spiro atoms. The molecule has 1 aliphatic rings. The van der Waals surface area contributed by atoms with E-state index in [-0.39, 0.29) is 19.4 Å². The Bertz CT molecular complexity index is 1710. The number of aromatic nitrogens is 2. The van der Waals surface area contributed by atoms with Crippen LogP contribution in [0.5, 0.6) is 0 Å². The first-order valence-corrected chi connectivity index (χ1v) is 14.3. The van der Waals surface area contributed by atoms with E-state index in [4.69, 9.17) is 10.8 Å². The van der Waals surface area contributed by atoms with Crippen molar-refractivity contribution in [3.05, 3.63) is 72.1 Å². The molecule has 0 saturated carbocycles. The highest BCUT2D eigenvalue weighted by Crippen LogP contribution is 2.24. The van der Waals surface area contributed by atoms with Crippen molar-refractivity contribution < 1.29 is 34.2 Å². The second kappa shape index (κ2) is 13.0. The molecule has 3 heterocycles. The molecule has 1 fully saturated rings. The molecule has 2 aromatic carbocycles. The Morgan fingerprint density at radius 3 is 1.95 bits per heavy atom. The standard InChI is InChI=1S/C31H34N6O7/c32-21(14-27(38)39)28(40)35-24(12-17-15-33-22-8-3-1-6-19(17)22)29(41)36-25(30(42)37-11-5-10-26(37)31(43)44)13-18-16-34-23-9-4-2-7-20(18)23/h1-4,6-9,15-16,21,24-26,33-34H,5,10-14,32H2,(H,35,40)(H,36,41)(H,38,39)(H,43,44). The highest BCUT2D eigenvalue weighted by atomic mass is 16.4. The number of fused-ring (bicyclic) bond motifs is 2. The van der Waals surface area contributed by atoms with Gasteiger partial charge in [-0.1, -0.05) is 36.4 Å². The Balaban J connectivity index is 1.45. The van der Waals surface area contributed by atoms with Gasteiger partial charge in [-0.15, -0.1) is 0 Å². The highest BCUT2D eigenvalue weighted by Gasteiger charge is 2.39. The fraction of sp³-hybridized carbons (Fsp3) is 0.323. The van der Waals surface area contributed by atoms with Crippen molar-refractivity contribution in [2.45, 2.75) is 56.3 Å². The van der Waals surface area contributed by atoms with Gasteiger partial charge in [-0.05, 0) is 36.1 Å². The average molecular weight is 603 g/mol. The largest absolute Gasteiger partial charge is 0.481 e. The minimum atomic E-state index is -1.41. The number of carboxylic acids is 2. The van der Waals surface area contributed by atoms with Gasteiger partial charge in [0.15, 0.2) is 0 Å². The van der Waals surface area contributed by atoms with Crippen LogP contribution in [-0.4, -0.2) is 85.5 Å². The van der Waals surface area contributed by atoms with Crippen LogP contribution in [0.25, 0.3) is 21.8 Å². The monoisotopic (exact) mass is 602 g/mol. The molecule has 2 aromatic heterocycles. The third-order valence-corrected chi connectivity index (χ3v) is 8.00. The topological polar surface area (TPSA) is 211 Å². The van der Waals surface area contributed by atoms with E-state index in [1.165, 1.54) is 4.90 Å². The quantitative estimate of drug-likeness (QED) is 0.125. The molecule has 4 unspecified atom stereocenters. The van der Waals surface area contributed by atoms with Gasteiger partial charge in [-0.3, -0.25) is 19.2 Å². The van der Waals surface area contributed by atoms with Gasteiger partial charge in [0, 0.05) is 53.6 Å². The van der Waals surface area contributed by atoms with Gasteiger partial charge in [-0.25, -0.2) is 4.79 Å². The second-order valence-corrected chi connectivity index (χ2v) is 11.0. The lowest BCUT2D eigenvalue weighted by Crippen LogP contribution is -2.58. The smallest absolute Gasteiger partial charge is 0.326 e. The predicted molar refractivity (Wildman–Crippen MR) is 160 cm³/mol. The minimum absolute atomic E-state index is 0.0108. The zero-order chi connectivity index (χ0) is 31.4. The molecule has 0 aliphatic carbocycles. The van der Waals surface area contributed by atoms with Crippen molar-refractivity contribution in [1.29, 1.82) is 0 Å². The summed E-state index contributed by atoms with van der Waals surface area (Å²) in [5.74, 6) is -4.47. The Hall–Kier alpha value is -5.17. The van der Waals surface area contributed by atoms with Gasteiger partial charge in [-0.2, -0.15) is 0 Å². The zero-order valence-corrected chi connectivity index (χ0v) is 23.8. The molecular weight excluding hydrogens is 568 g/mol. The molecule has 4 aromatic rings. The van der Waals surface area contributed by atoms with E-state index in [2.05, 4.69) is 20.6 Å². The van der Waals surface area contributed by atoms with Crippen LogP contribution in [0, 0.1) is 0 Å². The predicted octanol–water partition coefficient (Wildman–Crippen LogP) is 1.28. The van der Waals surface area contributed by atoms with Crippen LogP contribution < -0.4 is 16.4 Å². The molecular formula is C31H34N6O7. The van der Waals surface area contributed by atoms with Gasteiger partial charge in [0.25, 0.3) is 0 Å². The van der Waals surface area contributed by atoms with Crippen LogP contribution in [0.15, 0.2) is 60.9 Å². The van der Waals surface area contributed by atoms with Crippen LogP contribution in [0.2, 0.25) is 0 Å². The summed E-state index contributed by atoms with van der Waals surface area (Å²) in [5, 5.41) is 25.9. The number of carbonyl (C=O) groups excluding carboxylic acids is 3. The number of likely N-dealkylation sites (tertiary alicyclic amines) is 1. The summed E-state index contributed by atoms with van der Waals surface area (Å²) in [6, 6.07) is 10.1. The Morgan fingerprint density at radius 2 is 1.39 bits per heavy atom. The van der Waals surface area contributed by atoms with Crippen LogP contribution in [-0.2, 0) is 36.8 Å². The lowest BCUT2D eigenvalue weighted by atomic mass is 10.0. The van der Waals surface area contributed by atoms with Crippen molar-refractivity contribution in [2.75, 3.05) is 6.54 Å². The van der Waals surface area contributed by atoms with Gasteiger partial charge >= 0.3 is 11.9 Å². The van der Waals surface area contributed by atoms with Crippen LogP contribution in [0.4, 0.5) is 0 Å². The fourth-order valence-electron chi connectivity index (χ4n) is 5.77. The molecule has 13 heteroatoms. The first-order chi connectivity index (χ1) is 21.1. The summed E-state index contributed by atoms with van der Waals surface area (Å²) in [7, 11) is 0. The molecule has 0 radical (unpaired) electrons. The molecule has 3 amide bonds. The molecule has 44 heavy (non-hydrogen) atoms. The number of rotatable bonds is 12. The summed E-state index contributed by atoms with van der Waals surface area (Å²) in [5.41, 5.74) is 8.90. The van der Waals surface area contributed by atoms with Gasteiger partial charge < -0.3 is 41.4 Å². The highest BCUT2D eigenvalue weighted by molar-refractivity contribution is 5.96. The first kappa shape index (κ1) is 30.3. The van der Waals surface area contributed by atoms with E-state index < -0.39 is 60.2 Å². The third kappa shape index (κ3) is 6.57. The maximum absolute atomic E-state index is 13.9. The lowest BCUT2D eigenvalue weighted by molar-refractivity contribution is -0.149. The lowest BCUT2D eigenvalue weighted by Gasteiger charge is -2.29.